The number of nitrogens with zero attached hydrogens (tertiary/aromatic N) is 1. The predicted octanol–water partition coefficient (Wildman–Crippen LogP) is 7.03. The van der Waals surface area contributed by atoms with Gasteiger partial charge in [0.2, 0.25) is 0 Å². The Morgan fingerprint density at radius 3 is 2.37 bits per heavy atom. The molecule has 0 bridgehead atoms. The molecule has 9 heteroatoms. The average Bonchev–Trinajstić information content (AvgIpc) is 3.36. The third-order valence-electron chi connectivity index (χ3n) is 5.20. The van der Waals surface area contributed by atoms with E-state index in [0.29, 0.717) is 22.9 Å². The topological polar surface area (TPSA) is 72.6 Å². The van der Waals surface area contributed by atoms with Crippen molar-refractivity contribution in [1.29, 1.82) is 0 Å². The molecule has 0 spiro atoms. The molecule has 1 aromatic heterocycles. The van der Waals surface area contributed by atoms with Crippen LogP contribution in [-0.2, 0) is 17.6 Å². The Morgan fingerprint density at radius 1 is 1.00 bits per heavy atom. The van der Waals surface area contributed by atoms with Crippen LogP contribution in [0.25, 0.3) is 0 Å². The minimum absolute atomic E-state index is 0.115. The SMILES string of the molecule is O=C(O)CC(c1ccc(OCc2cccc(Sc3ccc(C(F)(F)F)cc3)c2)cc1)c1ccon1. The van der Waals surface area contributed by atoms with Gasteiger partial charge >= 0.3 is 12.1 Å². The molecule has 0 saturated heterocycles. The van der Waals surface area contributed by atoms with E-state index in [2.05, 4.69) is 5.16 Å². The number of carboxylic acid groups (broad SMARTS) is 1. The first kappa shape index (κ1) is 24.4. The molecule has 0 aliphatic carbocycles. The molecule has 0 fully saturated rings. The number of alkyl halides is 3. The molecular formula is C26H20F3NO4S. The third kappa shape index (κ3) is 6.66. The van der Waals surface area contributed by atoms with Gasteiger partial charge in [0.1, 0.15) is 18.6 Å². The maximum Gasteiger partial charge on any atom is 0.416 e. The fourth-order valence-electron chi connectivity index (χ4n) is 3.48. The van der Waals surface area contributed by atoms with E-state index < -0.39 is 23.6 Å². The summed E-state index contributed by atoms with van der Waals surface area (Å²) in [6, 6.07) is 21.4. The van der Waals surface area contributed by atoms with E-state index in [1.165, 1.54) is 30.2 Å². The van der Waals surface area contributed by atoms with Gasteiger partial charge in [-0.1, -0.05) is 41.2 Å². The highest BCUT2D eigenvalue weighted by atomic mass is 32.2. The lowest BCUT2D eigenvalue weighted by Crippen LogP contribution is -2.08. The van der Waals surface area contributed by atoms with Crippen molar-refractivity contribution in [2.45, 2.75) is 34.9 Å². The van der Waals surface area contributed by atoms with Crippen molar-refractivity contribution < 1.29 is 32.3 Å². The first-order valence-corrected chi connectivity index (χ1v) is 11.4. The molecular weight excluding hydrogens is 479 g/mol. The van der Waals surface area contributed by atoms with E-state index in [1.54, 1.807) is 30.3 Å². The third-order valence-corrected chi connectivity index (χ3v) is 6.19. The minimum Gasteiger partial charge on any atom is -0.489 e. The standard InChI is InChI=1S/C26H20F3NO4S/c27-26(28,29)19-6-10-21(11-7-19)35-22-3-1-2-17(14-22)16-33-20-8-4-18(5-9-20)23(15-25(31)32)24-12-13-34-30-24/h1-14,23H,15-16H2,(H,31,32). The highest BCUT2D eigenvalue weighted by molar-refractivity contribution is 7.99. The summed E-state index contributed by atoms with van der Waals surface area (Å²) in [5.74, 6) is -0.754. The van der Waals surface area contributed by atoms with E-state index in [9.17, 15) is 23.1 Å². The zero-order valence-electron chi connectivity index (χ0n) is 18.2. The Kier molecular flexibility index (Phi) is 7.45. The van der Waals surface area contributed by atoms with Gasteiger partial charge in [-0.25, -0.2) is 0 Å². The van der Waals surface area contributed by atoms with Crippen LogP contribution in [0.2, 0.25) is 0 Å². The maximum absolute atomic E-state index is 12.7. The van der Waals surface area contributed by atoms with Gasteiger partial charge in [-0.2, -0.15) is 13.2 Å². The van der Waals surface area contributed by atoms with E-state index in [1.807, 2.05) is 24.3 Å². The Hall–Kier alpha value is -3.72. The number of aromatic nitrogens is 1. The van der Waals surface area contributed by atoms with Gasteiger partial charge in [0.15, 0.2) is 0 Å². The lowest BCUT2D eigenvalue weighted by atomic mass is 9.92. The molecule has 0 saturated carbocycles. The molecule has 0 radical (unpaired) electrons. The van der Waals surface area contributed by atoms with Crippen LogP contribution in [0.15, 0.2) is 99.4 Å². The summed E-state index contributed by atoms with van der Waals surface area (Å²) in [4.78, 5) is 12.9. The number of benzene rings is 3. The van der Waals surface area contributed by atoms with Crippen LogP contribution in [0.1, 0.15) is 34.7 Å². The van der Waals surface area contributed by atoms with Crippen LogP contribution in [-0.4, -0.2) is 16.2 Å². The van der Waals surface area contributed by atoms with Gasteiger partial charge in [-0.3, -0.25) is 4.79 Å². The molecule has 1 atom stereocenters. The van der Waals surface area contributed by atoms with Gasteiger partial charge in [-0.15, -0.1) is 0 Å². The molecule has 0 aliphatic heterocycles. The maximum atomic E-state index is 12.7. The largest absolute Gasteiger partial charge is 0.489 e. The van der Waals surface area contributed by atoms with Crippen LogP contribution in [0.4, 0.5) is 13.2 Å². The second-order valence-corrected chi connectivity index (χ2v) is 8.85. The quantitative estimate of drug-likeness (QED) is 0.267. The number of hydrogen-bond acceptors (Lipinski definition) is 5. The van der Waals surface area contributed by atoms with Crippen LogP contribution >= 0.6 is 11.8 Å². The van der Waals surface area contributed by atoms with E-state index in [-0.39, 0.29) is 6.42 Å². The summed E-state index contributed by atoms with van der Waals surface area (Å²) < 4.78 is 49.0. The summed E-state index contributed by atoms with van der Waals surface area (Å²) in [5, 5.41) is 13.1. The second kappa shape index (κ2) is 10.7. The van der Waals surface area contributed by atoms with Crippen molar-refractivity contribution in [3.8, 4) is 5.75 Å². The van der Waals surface area contributed by atoms with Crippen molar-refractivity contribution in [3.05, 3.63) is 108 Å². The molecule has 4 rings (SSSR count). The van der Waals surface area contributed by atoms with Crippen LogP contribution in [0, 0.1) is 0 Å². The van der Waals surface area contributed by atoms with Crippen LogP contribution in [0.3, 0.4) is 0 Å². The number of halogens is 3. The Morgan fingerprint density at radius 2 is 1.74 bits per heavy atom. The van der Waals surface area contributed by atoms with E-state index >= 15 is 0 Å². The van der Waals surface area contributed by atoms with Gasteiger partial charge in [0.25, 0.3) is 0 Å². The number of aliphatic carboxylic acids is 1. The predicted molar refractivity (Wildman–Crippen MR) is 123 cm³/mol. The molecule has 1 unspecified atom stereocenters. The van der Waals surface area contributed by atoms with Gasteiger partial charge in [-0.05, 0) is 59.7 Å². The Bertz CT molecular complexity index is 1260. The highest BCUT2D eigenvalue weighted by Gasteiger charge is 2.30. The van der Waals surface area contributed by atoms with Gasteiger partial charge in [0.05, 0.1) is 17.7 Å². The second-order valence-electron chi connectivity index (χ2n) is 7.70. The van der Waals surface area contributed by atoms with Crippen LogP contribution in [0.5, 0.6) is 5.75 Å². The number of carboxylic acids is 1. The number of rotatable bonds is 9. The molecule has 4 aromatic rings. The van der Waals surface area contributed by atoms with E-state index in [4.69, 9.17) is 9.26 Å². The lowest BCUT2D eigenvalue weighted by Gasteiger charge is -2.13. The summed E-state index contributed by atoms with van der Waals surface area (Å²) >= 11 is 1.37. The summed E-state index contributed by atoms with van der Waals surface area (Å²) in [7, 11) is 0. The lowest BCUT2D eigenvalue weighted by molar-refractivity contribution is -0.138. The normalized spacial score (nSPS) is 12.3. The fourth-order valence-corrected chi connectivity index (χ4v) is 4.38. The molecule has 3 aromatic carbocycles. The molecule has 0 amide bonds. The number of hydrogen-bond donors (Lipinski definition) is 1. The smallest absolute Gasteiger partial charge is 0.416 e. The first-order valence-electron chi connectivity index (χ1n) is 10.6. The Balaban J connectivity index is 1.38. The molecule has 0 aliphatic rings. The zero-order chi connectivity index (χ0) is 24.8. The fraction of sp³-hybridized carbons (Fsp3) is 0.154. The number of ether oxygens (including phenoxy) is 1. The van der Waals surface area contributed by atoms with Gasteiger partial charge in [0, 0.05) is 21.8 Å². The Labute approximate surface area is 203 Å². The van der Waals surface area contributed by atoms with Crippen molar-refractivity contribution in [1.82, 2.24) is 5.16 Å². The van der Waals surface area contributed by atoms with E-state index in [0.717, 1.165) is 28.2 Å². The monoisotopic (exact) mass is 499 g/mol. The summed E-state index contributed by atoms with van der Waals surface area (Å²) in [6.45, 7) is 0.294. The van der Waals surface area contributed by atoms with Gasteiger partial charge < -0.3 is 14.4 Å². The minimum atomic E-state index is -4.36. The summed E-state index contributed by atoms with van der Waals surface area (Å²) in [6.07, 6.45) is -3.06. The summed E-state index contributed by atoms with van der Waals surface area (Å²) in [5.41, 5.74) is 1.55. The van der Waals surface area contributed by atoms with Crippen LogP contribution < -0.4 is 4.74 Å². The first-order chi connectivity index (χ1) is 16.8. The van der Waals surface area contributed by atoms with Crippen molar-refractivity contribution >= 4 is 17.7 Å². The van der Waals surface area contributed by atoms with Crippen molar-refractivity contribution in [3.63, 3.8) is 0 Å². The average molecular weight is 500 g/mol. The molecule has 1 N–H and O–H groups in total. The molecule has 35 heavy (non-hydrogen) atoms. The number of carbonyl (C=O) groups is 1. The zero-order valence-corrected chi connectivity index (χ0v) is 19.1. The molecule has 5 nitrogen and oxygen atoms in total. The van der Waals surface area contributed by atoms with Crippen molar-refractivity contribution in [2.24, 2.45) is 0 Å². The highest BCUT2D eigenvalue weighted by Crippen LogP contribution is 2.33. The van der Waals surface area contributed by atoms with Crippen molar-refractivity contribution in [2.75, 3.05) is 0 Å². The molecule has 180 valence electrons. The molecule has 1 heterocycles.